The fraction of sp³-hybridized carbons (Fsp3) is 0.0556. The fourth-order valence-electron chi connectivity index (χ4n) is 2.67. The molecule has 28 heavy (non-hydrogen) atoms. The van der Waals surface area contributed by atoms with Gasteiger partial charge in [0, 0.05) is 28.3 Å². The predicted molar refractivity (Wildman–Crippen MR) is 110 cm³/mol. The number of fused-ring (bicyclic) bond motifs is 1. The van der Waals surface area contributed by atoms with Crippen molar-refractivity contribution in [2.75, 3.05) is 5.32 Å². The Morgan fingerprint density at radius 1 is 1.14 bits per heavy atom. The topological polar surface area (TPSA) is 103 Å². The Morgan fingerprint density at radius 3 is 2.71 bits per heavy atom. The molecule has 0 bridgehead atoms. The maximum Gasteiger partial charge on any atom is 0.349 e. The lowest BCUT2D eigenvalue weighted by atomic mass is 10.2. The van der Waals surface area contributed by atoms with Crippen LogP contribution in [0.2, 0.25) is 0 Å². The molecule has 0 unspecified atom stereocenters. The van der Waals surface area contributed by atoms with E-state index in [2.05, 4.69) is 52.1 Å². The van der Waals surface area contributed by atoms with Gasteiger partial charge in [-0.25, -0.2) is 19.7 Å². The van der Waals surface area contributed by atoms with Crippen LogP contribution in [0.25, 0.3) is 16.8 Å². The second-order valence-corrected chi connectivity index (χ2v) is 7.58. The number of nitrogens with one attached hydrogen (secondary N) is 1. The van der Waals surface area contributed by atoms with Crippen LogP contribution >= 0.6 is 31.9 Å². The summed E-state index contributed by atoms with van der Waals surface area (Å²) < 4.78 is 8.44. The molecule has 0 spiro atoms. The second-order valence-electron chi connectivity index (χ2n) is 5.81. The summed E-state index contributed by atoms with van der Waals surface area (Å²) >= 11 is 6.72. The molecule has 0 aliphatic carbocycles. The van der Waals surface area contributed by atoms with Crippen molar-refractivity contribution >= 4 is 54.6 Å². The van der Waals surface area contributed by atoms with E-state index in [1.54, 1.807) is 35.2 Å². The Kier molecular flexibility index (Phi) is 4.82. The van der Waals surface area contributed by atoms with Gasteiger partial charge in [-0.15, -0.1) is 0 Å². The number of aryl methyl sites for hydroxylation is 1. The molecule has 140 valence electrons. The maximum absolute atomic E-state index is 12.6. The minimum atomic E-state index is -0.743. The molecule has 0 saturated carbocycles. The lowest BCUT2D eigenvalue weighted by molar-refractivity contribution is 0.102. The minimum Gasteiger partial charge on any atom is -0.421 e. The summed E-state index contributed by atoms with van der Waals surface area (Å²) in [5.41, 5.74) is -0.506. The highest BCUT2D eigenvalue weighted by Gasteiger charge is 2.16. The Bertz CT molecular complexity index is 1280. The van der Waals surface area contributed by atoms with Crippen molar-refractivity contribution < 1.29 is 9.21 Å². The molecule has 0 radical (unpaired) electrons. The van der Waals surface area contributed by atoms with Gasteiger partial charge in [0.05, 0.1) is 4.47 Å². The van der Waals surface area contributed by atoms with E-state index in [1.807, 2.05) is 6.92 Å². The number of hydrogen-bond acceptors (Lipinski definition) is 6. The Balaban J connectivity index is 1.68. The van der Waals surface area contributed by atoms with Crippen LogP contribution < -0.4 is 10.9 Å². The van der Waals surface area contributed by atoms with E-state index in [-0.39, 0.29) is 11.4 Å². The van der Waals surface area contributed by atoms with Gasteiger partial charge in [0.1, 0.15) is 29.4 Å². The number of anilines is 1. The van der Waals surface area contributed by atoms with Crippen molar-refractivity contribution in [1.29, 1.82) is 0 Å². The molecule has 0 aliphatic heterocycles. The lowest BCUT2D eigenvalue weighted by Crippen LogP contribution is -2.21. The van der Waals surface area contributed by atoms with E-state index in [0.29, 0.717) is 21.3 Å². The lowest BCUT2D eigenvalue weighted by Gasteiger charge is -2.08. The number of carbonyl (C=O) groups excluding carboxylic acids is 1. The largest absolute Gasteiger partial charge is 0.421 e. The third-order valence-electron chi connectivity index (χ3n) is 3.96. The van der Waals surface area contributed by atoms with Gasteiger partial charge in [0.2, 0.25) is 0 Å². The number of halogens is 2. The van der Waals surface area contributed by atoms with Crippen LogP contribution in [0.15, 0.2) is 61.1 Å². The predicted octanol–water partition coefficient (Wildman–Crippen LogP) is 3.85. The molecule has 3 heterocycles. The molecule has 4 rings (SSSR count). The Morgan fingerprint density at radius 2 is 1.96 bits per heavy atom. The first-order valence-corrected chi connectivity index (χ1v) is 9.57. The molecule has 0 saturated heterocycles. The molecule has 0 fully saturated rings. The molecule has 1 N–H and O–H groups in total. The summed E-state index contributed by atoms with van der Waals surface area (Å²) in [6.07, 6.45) is 4.71. The number of carbonyl (C=O) groups is 1. The monoisotopic (exact) mass is 503 g/mol. The van der Waals surface area contributed by atoms with Crippen molar-refractivity contribution in [2.45, 2.75) is 6.92 Å². The second kappa shape index (κ2) is 7.28. The van der Waals surface area contributed by atoms with Crippen LogP contribution in [-0.2, 0) is 0 Å². The summed E-state index contributed by atoms with van der Waals surface area (Å²) in [5, 5.41) is 3.21. The van der Waals surface area contributed by atoms with Crippen molar-refractivity contribution in [1.82, 2.24) is 19.5 Å². The maximum atomic E-state index is 12.6. The van der Waals surface area contributed by atoms with E-state index < -0.39 is 11.5 Å². The summed E-state index contributed by atoms with van der Waals surface area (Å²) in [7, 11) is 0. The van der Waals surface area contributed by atoms with Crippen molar-refractivity contribution in [3.8, 4) is 5.82 Å². The van der Waals surface area contributed by atoms with Crippen LogP contribution in [0.4, 0.5) is 5.82 Å². The number of aromatic nitrogens is 4. The highest BCUT2D eigenvalue weighted by molar-refractivity contribution is 9.11. The van der Waals surface area contributed by atoms with E-state index in [0.717, 1.165) is 10.3 Å². The average Bonchev–Trinajstić information content (AvgIpc) is 3.08. The number of hydrogen-bond donors (Lipinski definition) is 1. The molecular weight excluding hydrogens is 494 g/mol. The summed E-state index contributed by atoms with van der Waals surface area (Å²) in [5.74, 6) is 0.901. The van der Waals surface area contributed by atoms with Crippen LogP contribution in [0.5, 0.6) is 0 Å². The molecule has 8 nitrogen and oxygen atoms in total. The van der Waals surface area contributed by atoms with Crippen molar-refractivity contribution in [2.24, 2.45) is 0 Å². The molecular formula is C18H11Br2N5O3. The number of nitrogens with zero attached hydrogens (tertiary/aromatic N) is 4. The van der Waals surface area contributed by atoms with Crippen molar-refractivity contribution in [3.63, 3.8) is 0 Å². The molecule has 10 heteroatoms. The van der Waals surface area contributed by atoms with E-state index in [9.17, 15) is 9.59 Å². The molecule has 1 aromatic carbocycles. The third kappa shape index (κ3) is 3.48. The number of amides is 1. The standard InChI is InChI=1S/C18H11Br2N5O3/c1-9-21-2-3-25(9)15-7-14(22-8-23-15)24-17(26)12-5-10-4-11(19)6-13(20)16(10)28-18(12)27/h2-8H,1H3,(H,22,23,24,26). The first-order valence-electron chi connectivity index (χ1n) is 7.99. The number of rotatable bonds is 3. The molecule has 0 aliphatic rings. The van der Waals surface area contributed by atoms with Gasteiger partial charge < -0.3 is 9.73 Å². The molecule has 0 atom stereocenters. The van der Waals surface area contributed by atoms with Gasteiger partial charge in [-0.05, 0) is 41.1 Å². The van der Waals surface area contributed by atoms with Crippen LogP contribution in [0.3, 0.4) is 0 Å². The number of benzene rings is 1. The summed E-state index contributed by atoms with van der Waals surface area (Å²) in [6, 6.07) is 6.58. The molecule has 3 aromatic heterocycles. The van der Waals surface area contributed by atoms with E-state index >= 15 is 0 Å². The zero-order chi connectivity index (χ0) is 19.8. The Hall–Kier alpha value is -2.85. The first kappa shape index (κ1) is 18.5. The minimum absolute atomic E-state index is 0.128. The highest BCUT2D eigenvalue weighted by Crippen LogP contribution is 2.28. The quantitative estimate of drug-likeness (QED) is 0.425. The number of imidazole rings is 1. The van der Waals surface area contributed by atoms with E-state index in [4.69, 9.17) is 4.42 Å². The fourth-order valence-corrected chi connectivity index (χ4v) is 4.01. The molecule has 1 amide bonds. The zero-order valence-corrected chi connectivity index (χ0v) is 17.5. The smallest absolute Gasteiger partial charge is 0.349 e. The summed E-state index contributed by atoms with van der Waals surface area (Å²) in [4.78, 5) is 37.3. The Labute approximate surface area is 174 Å². The van der Waals surface area contributed by atoms with Crippen LogP contribution in [0.1, 0.15) is 16.2 Å². The van der Waals surface area contributed by atoms with Crippen LogP contribution in [-0.4, -0.2) is 25.4 Å². The van der Waals surface area contributed by atoms with Crippen LogP contribution in [0, 0.1) is 6.92 Å². The first-order chi connectivity index (χ1) is 13.4. The van der Waals surface area contributed by atoms with Gasteiger partial charge in [-0.3, -0.25) is 9.36 Å². The van der Waals surface area contributed by atoms with Gasteiger partial charge in [-0.1, -0.05) is 15.9 Å². The highest BCUT2D eigenvalue weighted by atomic mass is 79.9. The van der Waals surface area contributed by atoms with Gasteiger partial charge in [0.25, 0.3) is 5.91 Å². The normalized spacial score (nSPS) is 11.0. The zero-order valence-electron chi connectivity index (χ0n) is 14.3. The molecule has 4 aromatic rings. The SMILES string of the molecule is Cc1nccn1-c1cc(NC(=O)c2cc3cc(Br)cc(Br)c3oc2=O)ncn1. The van der Waals surface area contributed by atoms with Gasteiger partial charge >= 0.3 is 5.63 Å². The van der Waals surface area contributed by atoms with Crippen molar-refractivity contribution in [3.05, 3.63) is 73.7 Å². The third-order valence-corrected chi connectivity index (χ3v) is 5.01. The summed E-state index contributed by atoms with van der Waals surface area (Å²) in [6.45, 7) is 1.83. The van der Waals surface area contributed by atoms with E-state index in [1.165, 1.54) is 12.4 Å². The van der Waals surface area contributed by atoms with Gasteiger partial charge in [-0.2, -0.15) is 0 Å². The van der Waals surface area contributed by atoms with Gasteiger partial charge in [0.15, 0.2) is 5.58 Å². The average molecular weight is 505 g/mol.